The lowest BCUT2D eigenvalue weighted by atomic mass is 10.0. The summed E-state index contributed by atoms with van der Waals surface area (Å²) in [7, 11) is 0. The molecule has 0 spiro atoms. The van der Waals surface area contributed by atoms with Gasteiger partial charge in [-0.2, -0.15) is 0 Å². The van der Waals surface area contributed by atoms with Crippen LogP contribution in [0.5, 0.6) is 0 Å². The van der Waals surface area contributed by atoms with Gasteiger partial charge in [0.25, 0.3) is 0 Å². The fraction of sp³-hybridized carbons (Fsp3) is 0.273. The van der Waals surface area contributed by atoms with Crippen molar-refractivity contribution in [2.75, 3.05) is 5.73 Å². The van der Waals surface area contributed by atoms with Crippen molar-refractivity contribution in [2.45, 2.75) is 19.3 Å². The highest BCUT2D eigenvalue weighted by molar-refractivity contribution is 5.85. The van der Waals surface area contributed by atoms with Gasteiger partial charge in [0.1, 0.15) is 5.78 Å². The molecule has 0 aromatic heterocycles. The average Bonchev–Trinajstić information content (AvgIpc) is 2.18. The van der Waals surface area contributed by atoms with Gasteiger partial charge >= 0.3 is 5.97 Å². The van der Waals surface area contributed by atoms with Crippen LogP contribution in [0.3, 0.4) is 0 Å². The molecule has 0 radical (unpaired) electrons. The van der Waals surface area contributed by atoms with Gasteiger partial charge in [-0.25, -0.2) is 0 Å². The smallest absolute Gasteiger partial charge is 0.303 e. The molecule has 0 heterocycles. The third kappa shape index (κ3) is 3.81. The second-order valence-corrected chi connectivity index (χ2v) is 3.31. The number of benzene rings is 1. The second kappa shape index (κ2) is 5.14. The minimum Gasteiger partial charge on any atom is -0.481 e. The second-order valence-electron chi connectivity index (χ2n) is 3.31. The fourth-order valence-electron chi connectivity index (χ4n) is 1.24. The first kappa shape index (κ1) is 11.2. The maximum absolute atomic E-state index is 11.4. The van der Waals surface area contributed by atoms with E-state index in [1.165, 1.54) is 0 Å². The molecule has 0 saturated carbocycles. The molecule has 4 nitrogen and oxygen atoms in total. The Morgan fingerprint density at radius 2 is 1.87 bits per heavy atom. The Bertz CT molecular complexity index is 374. The van der Waals surface area contributed by atoms with Crippen molar-refractivity contribution in [1.82, 2.24) is 0 Å². The van der Waals surface area contributed by atoms with Crippen molar-refractivity contribution in [3.05, 3.63) is 29.8 Å². The van der Waals surface area contributed by atoms with E-state index in [1.54, 1.807) is 24.3 Å². The van der Waals surface area contributed by atoms with Crippen LogP contribution in [0.1, 0.15) is 18.4 Å². The van der Waals surface area contributed by atoms with E-state index in [2.05, 4.69) is 0 Å². The zero-order valence-corrected chi connectivity index (χ0v) is 8.27. The van der Waals surface area contributed by atoms with E-state index in [4.69, 9.17) is 10.8 Å². The normalized spacial score (nSPS) is 9.87. The van der Waals surface area contributed by atoms with Crippen molar-refractivity contribution in [2.24, 2.45) is 0 Å². The number of Topliss-reactive ketones (excluding diaryl/α,β-unsaturated/α-hetero) is 1. The number of carboxylic acid groups (broad SMARTS) is 1. The molecule has 0 aliphatic carbocycles. The molecule has 1 rings (SSSR count). The van der Waals surface area contributed by atoms with Crippen LogP contribution >= 0.6 is 0 Å². The number of hydrogen-bond acceptors (Lipinski definition) is 3. The van der Waals surface area contributed by atoms with Gasteiger partial charge in [-0.1, -0.05) is 18.2 Å². The Balaban J connectivity index is 2.52. The molecular formula is C11H13NO3. The molecule has 1 aromatic rings. The molecule has 80 valence electrons. The molecule has 3 N–H and O–H groups in total. The number of carbonyl (C=O) groups excluding carboxylic acids is 1. The first-order chi connectivity index (χ1) is 7.09. The minimum atomic E-state index is -0.954. The van der Waals surface area contributed by atoms with E-state index < -0.39 is 5.97 Å². The molecule has 0 bridgehead atoms. The number of carboxylic acids is 1. The Morgan fingerprint density at radius 1 is 1.20 bits per heavy atom. The van der Waals surface area contributed by atoms with Crippen LogP contribution < -0.4 is 5.73 Å². The summed E-state index contributed by atoms with van der Waals surface area (Å²) in [4.78, 5) is 21.6. The largest absolute Gasteiger partial charge is 0.481 e. The molecule has 1 aromatic carbocycles. The summed E-state index contributed by atoms with van der Waals surface area (Å²) in [5, 5.41) is 8.41. The predicted octanol–water partition coefficient (Wildman–Crippen LogP) is 1.25. The Hall–Kier alpha value is -1.84. The fourth-order valence-corrected chi connectivity index (χ4v) is 1.24. The van der Waals surface area contributed by atoms with Crippen LogP contribution in [0.4, 0.5) is 5.69 Å². The molecule has 0 aliphatic rings. The molecule has 0 saturated heterocycles. The number of nitrogen functional groups attached to an aromatic ring is 1. The van der Waals surface area contributed by atoms with Gasteiger partial charge in [-0.3, -0.25) is 9.59 Å². The zero-order chi connectivity index (χ0) is 11.3. The van der Waals surface area contributed by atoms with Crippen molar-refractivity contribution in [3.63, 3.8) is 0 Å². The monoisotopic (exact) mass is 207 g/mol. The van der Waals surface area contributed by atoms with Gasteiger partial charge in [0.05, 0.1) is 6.42 Å². The van der Waals surface area contributed by atoms with Crippen LogP contribution in [-0.4, -0.2) is 16.9 Å². The van der Waals surface area contributed by atoms with E-state index in [0.29, 0.717) is 5.69 Å². The van der Waals surface area contributed by atoms with Gasteiger partial charge in [-0.05, 0) is 11.6 Å². The van der Waals surface area contributed by atoms with Crippen molar-refractivity contribution < 1.29 is 14.7 Å². The van der Waals surface area contributed by atoms with Crippen molar-refractivity contribution in [3.8, 4) is 0 Å². The van der Waals surface area contributed by atoms with Crippen molar-refractivity contribution in [1.29, 1.82) is 0 Å². The lowest BCUT2D eigenvalue weighted by Crippen LogP contribution is -2.07. The van der Waals surface area contributed by atoms with E-state index in [9.17, 15) is 9.59 Å². The van der Waals surface area contributed by atoms with E-state index in [0.717, 1.165) is 5.56 Å². The third-order valence-corrected chi connectivity index (χ3v) is 2.06. The predicted molar refractivity (Wildman–Crippen MR) is 56.4 cm³/mol. The standard InChI is InChI=1S/C11H13NO3/c12-10-4-2-1-3-8(10)7-9(13)5-6-11(14)15/h1-4H,5-7,12H2,(H,14,15). The van der Waals surface area contributed by atoms with Gasteiger partial charge in [0.15, 0.2) is 0 Å². The molecule has 0 fully saturated rings. The summed E-state index contributed by atoms with van der Waals surface area (Å²) in [5.41, 5.74) is 6.98. The van der Waals surface area contributed by atoms with Gasteiger partial charge in [0.2, 0.25) is 0 Å². The van der Waals surface area contributed by atoms with E-state index in [1.807, 2.05) is 0 Å². The maximum atomic E-state index is 11.4. The summed E-state index contributed by atoms with van der Waals surface area (Å²) in [6.45, 7) is 0. The summed E-state index contributed by atoms with van der Waals surface area (Å²) >= 11 is 0. The van der Waals surface area contributed by atoms with E-state index >= 15 is 0 Å². The van der Waals surface area contributed by atoms with Crippen LogP contribution in [-0.2, 0) is 16.0 Å². The molecule has 0 aliphatic heterocycles. The van der Waals surface area contributed by atoms with Crippen LogP contribution in [0.2, 0.25) is 0 Å². The highest BCUT2D eigenvalue weighted by Crippen LogP contribution is 2.12. The number of rotatable bonds is 5. The van der Waals surface area contributed by atoms with Gasteiger partial charge < -0.3 is 10.8 Å². The summed E-state index contributed by atoms with van der Waals surface area (Å²) < 4.78 is 0. The number of nitrogens with two attached hydrogens (primary N) is 1. The number of anilines is 1. The Kier molecular flexibility index (Phi) is 3.85. The van der Waals surface area contributed by atoms with Crippen LogP contribution in [0.25, 0.3) is 0 Å². The Morgan fingerprint density at radius 3 is 2.47 bits per heavy atom. The molecular weight excluding hydrogens is 194 g/mol. The van der Waals surface area contributed by atoms with Gasteiger partial charge in [-0.15, -0.1) is 0 Å². The first-order valence-corrected chi connectivity index (χ1v) is 4.66. The summed E-state index contributed by atoms with van der Waals surface area (Å²) in [5.74, 6) is -1.06. The van der Waals surface area contributed by atoms with Crippen LogP contribution in [0.15, 0.2) is 24.3 Å². The van der Waals surface area contributed by atoms with Gasteiger partial charge in [0, 0.05) is 18.5 Å². The summed E-state index contributed by atoms with van der Waals surface area (Å²) in [6.07, 6.45) is 0.148. The van der Waals surface area contributed by atoms with Crippen LogP contribution in [0, 0.1) is 0 Å². The molecule has 0 unspecified atom stereocenters. The number of carbonyl (C=O) groups is 2. The lowest BCUT2D eigenvalue weighted by molar-refractivity contribution is -0.138. The topological polar surface area (TPSA) is 80.4 Å². The Labute approximate surface area is 87.7 Å². The number of hydrogen-bond donors (Lipinski definition) is 2. The van der Waals surface area contributed by atoms with E-state index in [-0.39, 0.29) is 25.0 Å². The molecule has 0 amide bonds. The zero-order valence-electron chi connectivity index (χ0n) is 8.27. The quantitative estimate of drug-likeness (QED) is 0.712. The molecule has 4 heteroatoms. The molecule has 15 heavy (non-hydrogen) atoms. The minimum absolute atomic E-state index is 0.0592. The number of ketones is 1. The third-order valence-electron chi connectivity index (χ3n) is 2.06. The molecule has 0 atom stereocenters. The first-order valence-electron chi connectivity index (χ1n) is 4.66. The number of aliphatic carboxylic acids is 1. The average molecular weight is 207 g/mol. The van der Waals surface area contributed by atoms with Crippen molar-refractivity contribution >= 4 is 17.4 Å². The summed E-state index contributed by atoms with van der Waals surface area (Å²) in [6, 6.07) is 7.09. The lowest BCUT2D eigenvalue weighted by Gasteiger charge is -2.03. The number of para-hydroxylation sites is 1. The maximum Gasteiger partial charge on any atom is 0.303 e. The highest BCUT2D eigenvalue weighted by Gasteiger charge is 2.08. The highest BCUT2D eigenvalue weighted by atomic mass is 16.4. The SMILES string of the molecule is Nc1ccccc1CC(=O)CCC(=O)O.